The van der Waals surface area contributed by atoms with Crippen LogP contribution in [-0.2, 0) is 16.0 Å². The van der Waals surface area contributed by atoms with Crippen molar-refractivity contribution >= 4 is 23.7 Å². The summed E-state index contributed by atoms with van der Waals surface area (Å²) in [6.45, 7) is 4.67. The summed E-state index contributed by atoms with van der Waals surface area (Å²) in [5.74, 6) is 6.18. The molecule has 11 nitrogen and oxygen atoms in total. The molecule has 0 saturated carbocycles. The summed E-state index contributed by atoms with van der Waals surface area (Å²) in [7, 11) is 1.57. The van der Waals surface area contributed by atoms with Gasteiger partial charge in [-0.2, -0.15) is 0 Å². The summed E-state index contributed by atoms with van der Waals surface area (Å²) < 4.78 is 10.7. The molecule has 39 heavy (non-hydrogen) atoms. The highest BCUT2D eigenvalue weighted by atomic mass is 16.5. The number of fused-ring (bicyclic) bond motifs is 1. The molecule has 11 heteroatoms. The smallest absolute Gasteiger partial charge is 0.323 e. The summed E-state index contributed by atoms with van der Waals surface area (Å²) in [4.78, 5) is 42.0. The molecule has 0 aromatic heterocycles. The van der Waals surface area contributed by atoms with Gasteiger partial charge in [0, 0.05) is 36.7 Å². The lowest BCUT2D eigenvalue weighted by Crippen LogP contribution is -2.56. The molecule has 204 valence electrons. The van der Waals surface area contributed by atoms with Crippen molar-refractivity contribution in [2.75, 3.05) is 46.5 Å². The van der Waals surface area contributed by atoms with Gasteiger partial charge in [-0.15, -0.1) is 0 Å². The Morgan fingerprint density at radius 1 is 1.26 bits per heavy atom. The standard InChI is InChI=1S/C28H31N5O6/c1-18-15-21(24(31-37)32-11-13-39-14-12-32)4-3-19(18)7-9-28(26(35)29-27(36)30-28)17-33-10-8-20-16-22(38-2)5-6-23(20)25(33)34/h3-6,15-16,18-19,37H,8,10-14,17H2,1-2H3,(H2,29,30,35,36). The van der Waals surface area contributed by atoms with Gasteiger partial charge in [0.2, 0.25) is 0 Å². The molecule has 1 aromatic rings. The third kappa shape index (κ3) is 5.20. The lowest BCUT2D eigenvalue weighted by Gasteiger charge is -2.33. The van der Waals surface area contributed by atoms with Gasteiger partial charge in [-0.1, -0.05) is 42.1 Å². The van der Waals surface area contributed by atoms with Crippen molar-refractivity contribution in [2.45, 2.75) is 18.9 Å². The number of hydrogen-bond donors (Lipinski definition) is 3. The maximum atomic E-state index is 13.3. The van der Waals surface area contributed by atoms with Gasteiger partial charge in [0.05, 0.1) is 26.9 Å². The maximum Gasteiger partial charge on any atom is 0.323 e. The summed E-state index contributed by atoms with van der Waals surface area (Å²) in [5.41, 5.74) is 0.626. The van der Waals surface area contributed by atoms with Gasteiger partial charge in [-0.3, -0.25) is 14.9 Å². The number of amidine groups is 1. The number of carbonyl (C=O) groups excluding carboxylic acids is 3. The molecular weight excluding hydrogens is 502 g/mol. The van der Waals surface area contributed by atoms with Crippen LogP contribution in [0, 0.1) is 23.7 Å². The zero-order valence-corrected chi connectivity index (χ0v) is 21.9. The Morgan fingerprint density at radius 3 is 2.72 bits per heavy atom. The molecule has 2 saturated heterocycles. The first-order valence-corrected chi connectivity index (χ1v) is 12.9. The molecule has 0 spiro atoms. The zero-order valence-electron chi connectivity index (χ0n) is 21.9. The Balaban J connectivity index is 1.35. The van der Waals surface area contributed by atoms with E-state index < -0.39 is 17.5 Å². The second-order valence-electron chi connectivity index (χ2n) is 9.97. The lowest BCUT2D eigenvalue weighted by atomic mass is 9.86. The second-order valence-corrected chi connectivity index (χ2v) is 9.97. The van der Waals surface area contributed by atoms with Crippen LogP contribution in [0.25, 0.3) is 0 Å². The Hall–Kier alpha value is -4.30. The highest BCUT2D eigenvalue weighted by Crippen LogP contribution is 2.27. The van der Waals surface area contributed by atoms with Gasteiger partial charge >= 0.3 is 6.03 Å². The highest BCUT2D eigenvalue weighted by molar-refractivity contribution is 6.10. The molecule has 3 unspecified atom stereocenters. The van der Waals surface area contributed by atoms with E-state index in [2.05, 4.69) is 27.6 Å². The van der Waals surface area contributed by atoms with Crippen LogP contribution in [0.1, 0.15) is 22.8 Å². The number of amides is 4. The number of urea groups is 1. The Labute approximate surface area is 226 Å². The van der Waals surface area contributed by atoms with Crippen molar-refractivity contribution < 1.29 is 29.1 Å². The number of hydrogen-bond acceptors (Lipinski definition) is 7. The fourth-order valence-electron chi connectivity index (χ4n) is 5.25. The van der Waals surface area contributed by atoms with Crippen LogP contribution in [-0.4, -0.2) is 90.7 Å². The van der Waals surface area contributed by atoms with Crippen molar-refractivity contribution in [3.63, 3.8) is 0 Å². The topological polar surface area (TPSA) is 133 Å². The fourth-order valence-corrected chi connectivity index (χ4v) is 5.25. The largest absolute Gasteiger partial charge is 0.497 e. The second kappa shape index (κ2) is 10.8. The molecule has 1 aromatic carbocycles. The van der Waals surface area contributed by atoms with E-state index in [1.54, 1.807) is 24.1 Å². The van der Waals surface area contributed by atoms with E-state index in [4.69, 9.17) is 9.47 Å². The van der Waals surface area contributed by atoms with Crippen LogP contribution in [0.2, 0.25) is 0 Å². The minimum Gasteiger partial charge on any atom is -0.497 e. The number of benzene rings is 1. The predicted molar refractivity (Wildman–Crippen MR) is 141 cm³/mol. The molecule has 3 aliphatic heterocycles. The molecule has 1 aliphatic carbocycles. The molecule has 3 N–H and O–H groups in total. The molecule has 5 rings (SSSR count). The molecule has 2 fully saturated rings. The van der Waals surface area contributed by atoms with Crippen LogP contribution < -0.4 is 15.4 Å². The van der Waals surface area contributed by atoms with E-state index in [0.717, 1.165) is 11.1 Å². The average molecular weight is 534 g/mol. The zero-order chi connectivity index (χ0) is 27.6. The Morgan fingerprint density at radius 2 is 2.05 bits per heavy atom. The van der Waals surface area contributed by atoms with Crippen molar-refractivity contribution in [2.24, 2.45) is 17.0 Å². The third-order valence-electron chi connectivity index (χ3n) is 7.46. The number of ether oxygens (including phenoxy) is 2. The molecule has 0 radical (unpaired) electrons. The molecule has 0 bridgehead atoms. The summed E-state index contributed by atoms with van der Waals surface area (Å²) in [5, 5.41) is 18.1. The van der Waals surface area contributed by atoms with E-state index in [1.165, 1.54) is 0 Å². The molecular formula is C28H31N5O6. The van der Waals surface area contributed by atoms with E-state index >= 15 is 0 Å². The van der Waals surface area contributed by atoms with Gasteiger partial charge in [0.1, 0.15) is 5.75 Å². The fraction of sp³-hybridized carbons (Fsp3) is 0.429. The van der Waals surface area contributed by atoms with Gasteiger partial charge in [-0.05, 0) is 36.1 Å². The Bertz CT molecular complexity index is 1340. The van der Waals surface area contributed by atoms with Crippen molar-refractivity contribution in [3.05, 3.63) is 53.1 Å². The first-order valence-electron chi connectivity index (χ1n) is 12.9. The van der Waals surface area contributed by atoms with Crippen LogP contribution in [0.15, 0.2) is 47.2 Å². The number of imide groups is 1. The van der Waals surface area contributed by atoms with Crippen LogP contribution in [0.5, 0.6) is 5.75 Å². The number of morpholine rings is 1. The highest BCUT2D eigenvalue weighted by Gasteiger charge is 2.48. The van der Waals surface area contributed by atoms with Crippen molar-refractivity contribution in [1.82, 2.24) is 20.4 Å². The SMILES string of the molecule is COc1ccc2c(c1)CCN(CC1(C#CC3C=CC(C(=NO)N4CCOCC4)=CC3C)NC(=O)NC1=O)C2=O. The molecule has 3 heterocycles. The van der Waals surface area contributed by atoms with E-state index in [-0.39, 0.29) is 24.3 Å². The number of methoxy groups -OCH3 is 1. The molecule has 4 aliphatic rings. The number of rotatable bonds is 4. The monoisotopic (exact) mass is 533 g/mol. The summed E-state index contributed by atoms with van der Waals surface area (Å²) in [6, 6.07) is 4.64. The first-order chi connectivity index (χ1) is 18.8. The Kier molecular flexibility index (Phi) is 7.30. The normalized spacial score (nSPS) is 26.8. The predicted octanol–water partition coefficient (Wildman–Crippen LogP) is 1.14. The number of carbonyl (C=O) groups is 3. The number of nitrogens with one attached hydrogen (secondary N) is 2. The number of nitrogens with zero attached hydrogens (tertiary/aromatic N) is 3. The minimum atomic E-state index is -1.57. The quantitative estimate of drug-likeness (QED) is 0.132. The van der Waals surface area contributed by atoms with Gasteiger partial charge in [0.15, 0.2) is 11.4 Å². The van der Waals surface area contributed by atoms with E-state index in [0.29, 0.717) is 56.4 Å². The van der Waals surface area contributed by atoms with Crippen molar-refractivity contribution in [1.29, 1.82) is 0 Å². The van der Waals surface area contributed by atoms with E-state index in [1.807, 2.05) is 36.1 Å². The molecule has 3 atom stereocenters. The lowest BCUT2D eigenvalue weighted by molar-refractivity contribution is -0.122. The maximum absolute atomic E-state index is 13.3. The minimum absolute atomic E-state index is 0.0639. The summed E-state index contributed by atoms with van der Waals surface area (Å²) >= 11 is 0. The molecule has 4 amide bonds. The average Bonchev–Trinajstić information content (AvgIpc) is 3.22. The van der Waals surface area contributed by atoms with Crippen LogP contribution in [0.3, 0.4) is 0 Å². The summed E-state index contributed by atoms with van der Waals surface area (Å²) in [6.07, 6.45) is 6.31. The third-order valence-corrected chi connectivity index (χ3v) is 7.46. The van der Waals surface area contributed by atoms with Gasteiger partial charge in [0.25, 0.3) is 11.8 Å². The number of allylic oxidation sites excluding steroid dienone is 2. The van der Waals surface area contributed by atoms with Crippen LogP contribution >= 0.6 is 0 Å². The number of oxime groups is 1. The van der Waals surface area contributed by atoms with Gasteiger partial charge in [-0.25, -0.2) is 4.79 Å². The van der Waals surface area contributed by atoms with Crippen molar-refractivity contribution in [3.8, 4) is 17.6 Å². The van der Waals surface area contributed by atoms with Crippen LogP contribution in [0.4, 0.5) is 4.79 Å². The first kappa shape index (κ1) is 26.3. The van der Waals surface area contributed by atoms with Gasteiger partial charge < -0.3 is 29.8 Å². The van der Waals surface area contributed by atoms with E-state index in [9.17, 15) is 19.6 Å².